The van der Waals surface area contributed by atoms with Gasteiger partial charge in [0, 0.05) is 29.8 Å². The molecule has 0 radical (unpaired) electrons. The summed E-state index contributed by atoms with van der Waals surface area (Å²) in [7, 11) is 0. The van der Waals surface area contributed by atoms with E-state index in [1.54, 1.807) is 35.2 Å². The Morgan fingerprint density at radius 2 is 1.93 bits per heavy atom. The summed E-state index contributed by atoms with van der Waals surface area (Å²) in [5.74, 6) is -1.14. The molecule has 0 atom stereocenters. The van der Waals surface area contributed by atoms with E-state index in [9.17, 15) is 14.7 Å². The van der Waals surface area contributed by atoms with Crippen molar-refractivity contribution >= 4 is 28.2 Å². The molecule has 0 aliphatic carbocycles. The Bertz CT molecular complexity index is 1200. The number of pyridine rings is 2. The fourth-order valence-electron chi connectivity index (χ4n) is 2.57. The summed E-state index contributed by atoms with van der Waals surface area (Å²) < 4.78 is 1.62. The van der Waals surface area contributed by atoms with Crippen molar-refractivity contribution in [1.29, 1.82) is 0 Å². The highest BCUT2D eigenvalue weighted by molar-refractivity contribution is 7.19. The van der Waals surface area contributed by atoms with Crippen LogP contribution in [-0.4, -0.2) is 41.5 Å². The normalized spacial score (nSPS) is 10.7. The second-order valence-electron chi connectivity index (χ2n) is 6.00. The van der Waals surface area contributed by atoms with Gasteiger partial charge in [-0.15, -0.1) is 0 Å². The van der Waals surface area contributed by atoms with Crippen molar-refractivity contribution in [1.82, 2.24) is 24.5 Å². The smallest absolute Gasteiger partial charge is 0.357 e. The fourth-order valence-corrected chi connectivity index (χ4v) is 3.53. The Balaban J connectivity index is 1.60. The molecule has 0 bridgehead atoms. The fraction of sp³-hybridized carbons (Fsp3) is 0.0526. The van der Waals surface area contributed by atoms with Crippen molar-refractivity contribution in [2.24, 2.45) is 0 Å². The maximum Gasteiger partial charge on any atom is 0.357 e. The van der Waals surface area contributed by atoms with Gasteiger partial charge in [0.1, 0.15) is 27.8 Å². The zero-order chi connectivity index (χ0) is 20.4. The lowest BCUT2D eigenvalue weighted by atomic mass is 10.3. The molecule has 4 rings (SSSR count). The third-order valence-electron chi connectivity index (χ3n) is 3.94. The molecular weight excluding hydrogens is 392 g/mol. The first-order chi connectivity index (χ1) is 14.0. The third kappa shape index (κ3) is 3.87. The Morgan fingerprint density at radius 3 is 2.66 bits per heavy atom. The average molecular weight is 406 g/mol. The van der Waals surface area contributed by atoms with Crippen molar-refractivity contribution in [2.45, 2.75) is 6.92 Å². The number of amides is 1. The number of aryl methyl sites for hydroxylation is 1. The van der Waals surface area contributed by atoms with E-state index in [1.165, 1.54) is 12.5 Å². The van der Waals surface area contributed by atoms with Gasteiger partial charge in [-0.2, -0.15) is 0 Å². The molecule has 4 aromatic heterocycles. The summed E-state index contributed by atoms with van der Waals surface area (Å²) in [4.78, 5) is 40.7. The van der Waals surface area contributed by atoms with Crippen molar-refractivity contribution in [2.75, 3.05) is 5.32 Å². The lowest BCUT2D eigenvalue weighted by molar-refractivity contribution is 0.0692. The third-order valence-corrected chi connectivity index (χ3v) is 4.96. The minimum atomic E-state index is -1.23. The summed E-state index contributed by atoms with van der Waals surface area (Å²) in [5.41, 5.74) is 1.45. The van der Waals surface area contributed by atoms with Crippen LogP contribution in [0.1, 0.15) is 26.7 Å². The van der Waals surface area contributed by atoms with Gasteiger partial charge in [-0.1, -0.05) is 17.4 Å². The van der Waals surface area contributed by atoms with E-state index >= 15 is 0 Å². The molecule has 9 nitrogen and oxygen atoms in total. The first-order valence-corrected chi connectivity index (χ1v) is 9.27. The minimum absolute atomic E-state index is 0.128. The number of nitrogens with one attached hydrogen (secondary N) is 1. The molecule has 0 spiro atoms. The molecule has 0 aliphatic heterocycles. The second-order valence-corrected chi connectivity index (χ2v) is 6.99. The van der Waals surface area contributed by atoms with Crippen LogP contribution in [0.4, 0.5) is 5.00 Å². The number of carbonyl (C=O) groups excluding carboxylic acids is 1. The topological polar surface area (TPSA) is 123 Å². The van der Waals surface area contributed by atoms with Crippen LogP contribution in [0.15, 0.2) is 55.2 Å². The highest BCUT2D eigenvalue weighted by Gasteiger charge is 2.21. The number of carboxylic acids is 1. The maximum absolute atomic E-state index is 12.6. The van der Waals surface area contributed by atoms with Crippen LogP contribution < -0.4 is 5.32 Å². The van der Waals surface area contributed by atoms with Crippen molar-refractivity contribution in [3.8, 4) is 16.4 Å². The quantitative estimate of drug-likeness (QED) is 0.522. The molecule has 0 saturated carbocycles. The van der Waals surface area contributed by atoms with Crippen LogP contribution >= 0.6 is 11.3 Å². The van der Waals surface area contributed by atoms with Crippen LogP contribution in [0.3, 0.4) is 0 Å². The maximum atomic E-state index is 12.6. The standard InChI is InChI=1S/C19H14N6O3S/c1-11-3-2-4-14(22-11)25-9-13(21-10-25)16(26)24-18-15(19(27)28)23-17(29-18)12-5-7-20-8-6-12/h2-10H,1H3,(H,24,26)(H,27,28). The predicted molar refractivity (Wildman–Crippen MR) is 106 cm³/mol. The first kappa shape index (κ1) is 18.4. The number of anilines is 1. The molecule has 10 heteroatoms. The van der Waals surface area contributed by atoms with E-state index in [-0.39, 0.29) is 16.4 Å². The lowest BCUT2D eigenvalue weighted by Gasteiger charge is -2.02. The van der Waals surface area contributed by atoms with E-state index in [0.29, 0.717) is 16.4 Å². The molecule has 0 aromatic carbocycles. The van der Waals surface area contributed by atoms with Crippen LogP contribution in [0.25, 0.3) is 16.4 Å². The number of carbonyl (C=O) groups is 2. The van der Waals surface area contributed by atoms with Crippen LogP contribution in [0.5, 0.6) is 0 Å². The van der Waals surface area contributed by atoms with Gasteiger partial charge >= 0.3 is 5.97 Å². The van der Waals surface area contributed by atoms with Crippen LogP contribution in [0, 0.1) is 6.92 Å². The number of aromatic carboxylic acids is 1. The summed E-state index contributed by atoms with van der Waals surface area (Å²) >= 11 is 1.07. The van der Waals surface area contributed by atoms with Gasteiger partial charge in [-0.05, 0) is 31.2 Å². The highest BCUT2D eigenvalue weighted by atomic mass is 32.1. The Hall–Kier alpha value is -3.92. The van der Waals surface area contributed by atoms with E-state index in [0.717, 1.165) is 17.0 Å². The molecule has 2 N–H and O–H groups in total. The number of rotatable bonds is 5. The number of hydrogen-bond acceptors (Lipinski definition) is 7. The summed E-state index contributed by atoms with van der Waals surface area (Å²) in [6.45, 7) is 1.87. The summed E-state index contributed by atoms with van der Waals surface area (Å²) in [6.07, 6.45) is 6.18. The van der Waals surface area contributed by atoms with Gasteiger partial charge in [-0.25, -0.2) is 19.7 Å². The molecule has 4 aromatic rings. The van der Waals surface area contributed by atoms with E-state index in [4.69, 9.17) is 0 Å². The molecule has 0 fully saturated rings. The van der Waals surface area contributed by atoms with Gasteiger partial charge in [0.05, 0.1) is 0 Å². The van der Waals surface area contributed by atoms with Gasteiger partial charge in [0.2, 0.25) is 0 Å². The van der Waals surface area contributed by atoms with Crippen molar-refractivity contribution in [3.05, 3.63) is 72.3 Å². The number of aromatic nitrogens is 5. The Morgan fingerprint density at radius 1 is 1.14 bits per heavy atom. The highest BCUT2D eigenvalue weighted by Crippen LogP contribution is 2.32. The molecule has 4 heterocycles. The number of thiazole rings is 1. The van der Waals surface area contributed by atoms with E-state index < -0.39 is 11.9 Å². The molecule has 0 aliphatic rings. The van der Waals surface area contributed by atoms with Crippen LogP contribution in [-0.2, 0) is 0 Å². The Kier molecular flexibility index (Phi) is 4.83. The SMILES string of the molecule is Cc1cccc(-n2cnc(C(=O)Nc3sc(-c4ccncc4)nc3C(=O)O)c2)n1. The van der Waals surface area contributed by atoms with E-state index in [1.807, 2.05) is 19.1 Å². The van der Waals surface area contributed by atoms with E-state index in [2.05, 4.69) is 25.3 Å². The van der Waals surface area contributed by atoms with Gasteiger partial charge < -0.3 is 10.4 Å². The lowest BCUT2D eigenvalue weighted by Crippen LogP contribution is -2.14. The monoisotopic (exact) mass is 406 g/mol. The largest absolute Gasteiger partial charge is 0.476 e. The Labute approximate surface area is 168 Å². The zero-order valence-corrected chi connectivity index (χ0v) is 15.9. The van der Waals surface area contributed by atoms with Crippen molar-refractivity contribution in [3.63, 3.8) is 0 Å². The number of imidazole rings is 1. The zero-order valence-electron chi connectivity index (χ0n) is 15.1. The van der Waals surface area contributed by atoms with Gasteiger partial charge in [-0.3, -0.25) is 14.3 Å². The molecular formula is C19H14N6O3S. The molecule has 1 amide bonds. The summed E-state index contributed by atoms with van der Waals surface area (Å²) in [6, 6.07) is 8.95. The first-order valence-electron chi connectivity index (χ1n) is 8.45. The molecule has 144 valence electrons. The summed E-state index contributed by atoms with van der Waals surface area (Å²) in [5, 5.41) is 12.6. The molecule has 0 saturated heterocycles. The number of nitrogens with zero attached hydrogens (tertiary/aromatic N) is 5. The number of hydrogen-bond donors (Lipinski definition) is 2. The van der Waals surface area contributed by atoms with Gasteiger partial charge in [0.15, 0.2) is 5.69 Å². The minimum Gasteiger partial charge on any atom is -0.476 e. The predicted octanol–water partition coefficient (Wildman–Crippen LogP) is 3.04. The molecule has 29 heavy (non-hydrogen) atoms. The average Bonchev–Trinajstić information content (AvgIpc) is 3.36. The van der Waals surface area contributed by atoms with Crippen molar-refractivity contribution < 1.29 is 14.7 Å². The van der Waals surface area contributed by atoms with Gasteiger partial charge in [0.25, 0.3) is 5.91 Å². The van der Waals surface area contributed by atoms with Crippen LogP contribution in [0.2, 0.25) is 0 Å². The molecule has 0 unspecified atom stereocenters. The second kappa shape index (κ2) is 7.60. The number of carboxylic acid groups (broad SMARTS) is 1.